The average molecular weight is 400 g/mol. The summed E-state index contributed by atoms with van der Waals surface area (Å²) in [5.41, 5.74) is 5.37. The number of nitrogens with zero attached hydrogens (tertiary/aromatic N) is 1. The Kier molecular flexibility index (Phi) is 7.80. The Morgan fingerprint density at radius 2 is 1.77 bits per heavy atom. The molecule has 152 valence electrons. The van der Waals surface area contributed by atoms with Crippen molar-refractivity contribution in [3.63, 3.8) is 0 Å². The highest BCUT2D eigenvalue weighted by Gasteiger charge is 2.05. The predicted octanol–water partition coefficient (Wildman–Crippen LogP) is 4.52. The number of hydrogen-bond donors (Lipinski definition) is 1. The number of allylic oxidation sites excluding steroid dienone is 1. The summed E-state index contributed by atoms with van der Waals surface area (Å²) >= 11 is 0. The fourth-order valence-corrected chi connectivity index (χ4v) is 2.75. The summed E-state index contributed by atoms with van der Waals surface area (Å²) in [4.78, 5) is 12.0. The van der Waals surface area contributed by atoms with Gasteiger partial charge >= 0.3 is 0 Å². The zero-order valence-electron chi connectivity index (χ0n) is 16.7. The first-order chi connectivity index (χ1) is 14.7. The number of nitrogens with one attached hydrogen (secondary N) is 1. The number of hydrogen-bond acceptors (Lipinski definition) is 4. The van der Waals surface area contributed by atoms with E-state index in [9.17, 15) is 4.79 Å². The molecule has 0 aromatic heterocycles. The van der Waals surface area contributed by atoms with Crippen LogP contribution < -0.4 is 14.9 Å². The first-order valence-corrected chi connectivity index (χ1v) is 9.65. The summed E-state index contributed by atoms with van der Waals surface area (Å²) < 4.78 is 11.4. The molecule has 30 heavy (non-hydrogen) atoms. The Hall–Kier alpha value is -3.86. The molecule has 3 rings (SSSR count). The number of para-hydroxylation sites is 1. The number of amides is 1. The minimum absolute atomic E-state index is 0.119. The lowest BCUT2D eigenvalue weighted by atomic mass is 10.1. The maximum atomic E-state index is 12.0. The molecule has 5 heteroatoms. The number of ether oxygens (including phenoxy) is 2. The van der Waals surface area contributed by atoms with E-state index in [2.05, 4.69) is 17.1 Å². The lowest BCUT2D eigenvalue weighted by Crippen LogP contribution is -2.24. The molecule has 0 aliphatic heterocycles. The molecule has 0 spiro atoms. The molecule has 0 radical (unpaired) electrons. The van der Waals surface area contributed by atoms with E-state index in [1.54, 1.807) is 12.3 Å². The molecule has 3 aromatic carbocycles. The zero-order chi connectivity index (χ0) is 21.0. The van der Waals surface area contributed by atoms with Gasteiger partial charge in [-0.05, 0) is 41.3 Å². The Morgan fingerprint density at radius 1 is 0.967 bits per heavy atom. The van der Waals surface area contributed by atoms with Crippen molar-refractivity contribution in [1.82, 2.24) is 5.43 Å². The van der Waals surface area contributed by atoms with Crippen LogP contribution in [0.3, 0.4) is 0 Å². The molecule has 0 bridgehead atoms. The van der Waals surface area contributed by atoms with Crippen LogP contribution in [0.2, 0.25) is 0 Å². The van der Waals surface area contributed by atoms with Crippen LogP contribution in [0, 0.1) is 0 Å². The fourth-order valence-electron chi connectivity index (χ4n) is 2.75. The van der Waals surface area contributed by atoms with Crippen LogP contribution in [0.1, 0.15) is 16.7 Å². The van der Waals surface area contributed by atoms with E-state index in [-0.39, 0.29) is 12.5 Å². The van der Waals surface area contributed by atoms with Crippen molar-refractivity contribution < 1.29 is 14.3 Å². The maximum absolute atomic E-state index is 12.0. The quantitative estimate of drug-likeness (QED) is 0.309. The first kappa shape index (κ1) is 20.9. The second-order valence-electron chi connectivity index (χ2n) is 6.53. The third-order valence-electron chi connectivity index (χ3n) is 4.20. The van der Waals surface area contributed by atoms with E-state index < -0.39 is 0 Å². The molecule has 0 atom stereocenters. The van der Waals surface area contributed by atoms with Crippen LogP contribution in [-0.4, -0.2) is 18.7 Å². The summed E-state index contributed by atoms with van der Waals surface area (Å²) in [6.45, 7) is 4.10. The van der Waals surface area contributed by atoms with Crippen molar-refractivity contribution in [3.05, 3.63) is 108 Å². The smallest absolute Gasteiger partial charge is 0.277 e. The van der Waals surface area contributed by atoms with Gasteiger partial charge in [0.1, 0.15) is 18.1 Å². The van der Waals surface area contributed by atoms with Crippen molar-refractivity contribution in [3.8, 4) is 11.5 Å². The van der Waals surface area contributed by atoms with Crippen LogP contribution in [0.4, 0.5) is 0 Å². The van der Waals surface area contributed by atoms with Gasteiger partial charge in [-0.1, -0.05) is 66.7 Å². The summed E-state index contributed by atoms with van der Waals surface area (Å²) in [7, 11) is 0. The zero-order valence-corrected chi connectivity index (χ0v) is 16.7. The maximum Gasteiger partial charge on any atom is 0.277 e. The van der Waals surface area contributed by atoms with Crippen LogP contribution in [-0.2, 0) is 17.8 Å². The molecule has 0 aliphatic carbocycles. The molecular weight excluding hydrogens is 376 g/mol. The second-order valence-corrected chi connectivity index (χ2v) is 6.53. The predicted molar refractivity (Wildman–Crippen MR) is 119 cm³/mol. The molecule has 0 aliphatic rings. The third-order valence-corrected chi connectivity index (χ3v) is 4.20. The highest BCUT2D eigenvalue weighted by molar-refractivity contribution is 5.83. The lowest BCUT2D eigenvalue weighted by Gasteiger charge is -2.09. The molecule has 0 saturated carbocycles. The number of carbonyl (C=O) groups is 1. The summed E-state index contributed by atoms with van der Waals surface area (Å²) in [6.07, 6.45) is 4.04. The molecule has 0 saturated heterocycles. The summed E-state index contributed by atoms with van der Waals surface area (Å²) in [6, 6.07) is 25.0. The van der Waals surface area contributed by atoms with E-state index in [4.69, 9.17) is 9.47 Å². The van der Waals surface area contributed by atoms with Gasteiger partial charge in [0.25, 0.3) is 5.91 Å². The summed E-state index contributed by atoms with van der Waals surface area (Å²) in [5.74, 6) is 1.06. The molecule has 0 heterocycles. The minimum atomic E-state index is -0.337. The molecule has 3 aromatic rings. The van der Waals surface area contributed by atoms with Crippen LogP contribution in [0.5, 0.6) is 11.5 Å². The van der Waals surface area contributed by atoms with Gasteiger partial charge in [-0.3, -0.25) is 4.79 Å². The molecule has 1 N–H and O–H groups in total. The molecule has 0 fully saturated rings. The van der Waals surface area contributed by atoms with Crippen molar-refractivity contribution in [2.24, 2.45) is 5.10 Å². The Balaban J connectivity index is 1.48. The minimum Gasteiger partial charge on any atom is -0.489 e. The van der Waals surface area contributed by atoms with Gasteiger partial charge in [0.2, 0.25) is 0 Å². The van der Waals surface area contributed by atoms with E-state index in [0.717, 1.165) is 22.4 Å². The third kappa shape index (κ3) is 6.63. The monoisotopic (exact) mass is 400 g/mol. The highest BCUT2D eigenvalue weighted by atomic mass is 16.5. The van der Waals surface area contributed by atoms with Gasteiger partial charge in [-0.2, -0.15) is 5.10 Å². The second kappa shape index (κ2) is 11.2. The van der Waals surface area contributed by atoms with E-state index >= 15 is 0 Å². The number of rotatable bonds is 10. The van der Waals surface area contributed by atoms with Crippen molar-refractivity contribution in [2.75, 3.05) is 6.61 Å². The van der Waals surface area contributed by atoms with Crippen molar-refractivity contribution in [1.29, 1.82) is 0 Å². The van der Waals surface area contributed by atoms with Gasteiger partial charge in [-0.15, -0.1) is 6.58 Å². The number of benzene rings is 3. The normalized spacial score (nSPS) is 10.5. The molecule has 1 amide bonds. The Bertz CT molecular complexity index is 1000. The van der Waals surface area contributed by atoms with E-state index in [1.165, 1.54) is 0 Å². The van der Waals surface area contributed by atoms with E-state index in [0.29, 0.717) is 18.8 Å². The largest absolute Gasteiger partial charge is 0.489 e. The van der Waals surface area contributed by atoms with Crippen molar-refractivity contribution in [2.45, 2.75) is 13.0 Å². The average Bonchev–Trinajstić information content (AvgIpc) is 2.78. The van der Waals surface area contributed by atoms with Crippen LogP contribution >= 0.6 is 0 Å². The fraction of sp³-hybridized carbons (Fsp3) is 0.120. The first-order valence-electron chi connectivity index (χ1n) is 9.65. The lowest BCUT2D eigenvalue weighted by molar-refractivity contribution is -0.123. The van der Waals surface area contributed by atoms with Gasteiger partial charge in [0, 0.05) is 0 Å². The summed E-state index contributed by atoms with van der Waals surface area (Å²) in [5, 5.41) is 4.00. The highest BCUT2D eigenvalue weighted by Crippen LogP contribution is 2.18. The van der Waals surface area contributed by atoms with Gasteiger partial charge < -0.3 is 9.47 Å². The SMILES string of the molecule is C=CCc1ccccc1OCC(=O)N/N=C/c1cccc(OCc2ccccc2)c1. The topological polar surface area (TPSA) is 59.9 Å². The standard InChI is InChI=1S/C25H24N2O3/c1-2-9-22-13-6-7-15-24(22)30-19-25(28)27-26-17-21-12-8-14-23(16-21)29-18-20-10-4-3-5-11-20/h2-8,10-17H,1,9,18-19H2,(H,27,28)/b26-17+. The van der Waals surface area contributed by atoms with E-state index in [1.807, 2.05) is 78.9 Å². The Labute approximate surface area is 176 Å². The Morgan fingerprint density at radius 3 is 2.60 bits per heavy atom. The number of hydrazone groups is 1. The molecular formula is C25H24N2O3. The van der Waals surface area contributed by atoms with Gasteiger partial charge in [0.05, 0.1) is 6.21 Å². The van der Waals surface area contributed by atoms with Crippen LogP contribution in [0.15, 0.2) is 96.6 Å². The molecule has 5 nitrogen and oxygen atoms in total. The van der Waals surface area contributed by atoms with Gasteiger partial charge in [0.15, 0.2) is 6.61 Å². The molecule has 0 unspecified atom stereocenters. The van der Waals surface area contributed by atoms with Crippen molar-refractivity contribution >= 4 is 12.1 Å². The van der Waals surface area contributed by atoms with Crippen LogP contribution in [0.25, 0.3) is 0 Å². The van der Waals surface area contributed by atoms with Gasteiger partial charge in [-0.25, -0.2) is 5.43 Å². The number of carbonyl (C=O) groups excluding carboxylic acids is 1.